The highest BCUT2D eigenvalue weighted by Crippen LogP contribution is 2.36. The average molecular weight is 451 g/mol. The van der Waals surface area contributed by atoms with Crippen molar-refractivity contribution >= 4 is 6.21 Å². The van der Waals surface area contributed by atoms with Gasteiger partial charge >= 0.3 is 0 Å². The second-order valence-electron chi connectivity index (χ2n) is 8.34. The maximum absolute atomic E-state index is 13.5. The van der Waals surface area contributed by atoms with E-state index in [4.69, 9.17) is 4.84 Å². The highest BCUT2D eigenvalue weighted by Gasteiger charge is 2.33. The van der Waals surface area contributed by atoms with Crippen LogP contribution in [0.15, 0.2) is 78.0 Å². The molecule has 0 aliphatic rings. The fraction of sp³-hybridized carbons (Fsp3) is 0.296. The molecule has 2 N–H and O–H groups in total. The van der Waals surface area contributed by atoms with Crippen LogP contribution in [0.25, 0.3) is 0 Å². The maximum atomic E-state index is 13.5. The van der Waals surface area contributed by atoms with Gasteiger partial charge in [0.05, 0.1) is 12.8 Å². The Hall–Kier alpha value is -3.06. The molecule has 1 unspecified atom stereocenters. The Morgan fingerprint density at radius 3 is 2.42 bits per heavy atom. The molecule has 0 aromatic heterocycles. The van der Waals surface area contributed by atoms with Gasteiger partial charge in [0.15, 0.2) is 0 Å². The largest absolute Gasteiger partial charge is 0.392 e. The number of aliphatic hydroxyl groups excluding tert-OH is 1. The van der Waals surface area contributed by atoms with Crippen LogP contribution in [0.4, 0.5) is 4.39 Å². The second-order valence-corrected chi connectivity index (χ2v) is 8.34. The lowest BCUT2D eigenvalue weighted by atomic mass is 9.80. The summed E-state index contributed by atoms with van der Waals surface area (Å²) in [6, 6.07) is 21.0. The molecule has 3 rings (SSSR count). The molecular formula is C27H31FN2O3. The summed E-state index contributed by atoms with van der Waals surface area (Å²) >= 11 is 0. The second kappa shape index (κ2) is 11.7. The first-order chi connectivity index (χ1) is 15.9. The molecule has 33 heavy (non-hydrogen) atoms. The predicted octanol–water partition coefficient (Wildman–Crippen LogP) is 4.45. The summed E-state index contributed by atoms with van der Waals surface area (Å²) in [4.78, 5) is 7.42. The van der Waals surface area contributed by atoms with Gasteiger partial charge in [0.2, 0.25) is 0 Å². The molecule has 0 saturated carbocycles. The lowest BCUT2D eigenvalue weighted by Crippen LogP contribution is -2.30. The summed E-state index contributed by atoms with van der Waals surface area (Å²) in [5.41, 5.74) is 2.16. The van der Waals surface area contributed by atoms with Gasteiger partial charge in [-0.25, -0.2) is 4.39 Å². The summed E-state index contributed by atoms with van der Waals surface area (Å²) in [6.07, 6.45) is 2.73. The van der Waals surface area contributed by atoms with Crippen LogP contribution >= 0.6 is 0 Å². The van der Waals surface area contributed by atoms with Gasteiger partial charge in [0.25, 0.3) is 0 Å². The van der Waals surface area contributed by atoms with E-state index in [1.165, 1.54) is 12.1 Å². The molecule has 0 bridgehead atoms. The first-order valence-electron chi connectivity index (χ1n) is 11.0. The van der Waals surface area contributed by atoms with E-state index in [0.29, 0.717) is 29.7 Å². The number of nitrogens with zero attached hydrogens (tertiary/aromatic N) is 2. The van der Waals surface area contributed by atoms with Gasteiger partial charge in [0.1, 0.15) is 18.0 Å². The number of benzene rings is 3. The minimum Gasteiger partial charge on any atom is -0.392 e. The number of oxime groups is 1. The summed E-state index contributed by atoms with van der Waals surface area (Å²) in [6.45, 7) is 0.902. The van der Waals surface area contributed by atoms with Crippen molar-refractivity contribution in [1.82, 2.24) is 4.90 Å². The molecule has 3 aromatic rings. The lowest BCUT2D eigenvalue weighted by molar-refractivity contribution is 0.0641. The topological polar surface area (TPSA) is 65.3 Å². The summed E-state index contributed by atoms with van der Waals surface area (Å²) in [7, 11) is 3.95. The van der Waals surface area contributed by atoms with Crippen LogP contribution in [0.5, 0.6) is 0 Å². The van der Waals surface area contributed by atoms with E-state index in [9.17, 15) is 14.6 Å². The van der Waals surface area contributed by atoms with Gasteiger partial charge in [-0.1, -0.05) is 59.8 Å². The minimum atomic E-state index is -1.36. The fourth-order valence-electron chi connectivity index (χ4n) is 3.82. The van der Waals surface area contributed by atoms with Gasteiger partial charge in [0, 0.05) is 0 Å². The van der Waals surface area contributed by atoms with Crippen LogP contribution in [0, 0.1) is 5.82 Å². The van der Waals surface area contributed by atoms with Crippen molar-refractivity contribution in [2.45, 2.75) is 31.7 Å². The Labute approximate surface area is 194 Å². The van der Waals surface area contributed by atoms with Gasteiger partial charge in [-0.15, -0.1) is 0 Å². The third-order valence-corrected chi connectivity index (χ3v) is 5.56. The molecule has 0 spiro atoms. The van der Waals surface area contributed by atoms with Crippen LogP contribution in [0.3, 0.4) is 0 Å². The Balaban J connectivity index is 1.83. The van der Waals surface area contributed by atoms with Gasteiger partial charge in [-0.05, 0) is 79.5 Å². The number of aliphatic hydroxyl groups is 2. The monoisotopic (exact) mass is 450 g/mol. The molecule has 0 fully saturated rings. The number of hydrogen-bond donors (Lipinski definition) is 2. The van der Waals surface area contributed by atoms with E-state index in [0.717, 1.165) is 24.1 Å². The number of rotatable bonds is 11. The molecule has 1 atom stereocenters. The van der Waals surface area contributed by atoms with Crippen molar-refractivity contribution in [2.75, 3.05) is 20.6 Å². The van der Waals surface area contributed by atoms with Crippen LogP contribution in [0.1, 0.15) is 40.7 Å². The van der Waals surface area contributed by atoms with Crippen LogP contribution in [-0.4, -0.2) is 42.0 Å². The van der Waals surface area contributed by atoms with Crippen LogP contribution in [0.2, 0.25) is 0 Å². The summed E-state index contributed by atoms with van der Waals surface area (Å²) in [5.74, 6) is -0.362. The zero-order chi connectivity index (χ0) is 23.7. The predicted molar refractivity (Wildman–Crippen MR) is 128 cm³/mol. The van der Waals surface area contributed by atoms with Gasteiger partial charge in [-0.3, -0.25) is 0 Å². The van der Waals surface area contributed by atoms with E-state index in [-0.39, 0.29) is 12.4 Å². The highest BCUT2D eigenvalue weighted by atomic mass is 19.1. The van der Waals surface area contributed by atoms with Gasteiger partial charge in [-0.2, -0.15) is 0 Å². The molecule has 6 heteroatoms. The normalized spacial score (nSPS) is 13.4. The Morgan fingerprint density at radius 2 is 1.76 bits per heavy atom. The van der Waals surface area contributed by atoms with Crippen LogP contribution < -0.4 is 0 Å². The standard InChI is InChI=1S/C27H31FN2O3/c1-30(2)16-6-15-27(32,24-10-12-25(28)13-11-24)26-14-9-22(17-23(26)19-31)18-29-33-20-21-7-4-3-5-8-21/h3-5,7-14,17-18,31-32H,6,15-16,19-20H2,1-2H3/b29-18-. The fourth-order valence-corrected chi connectivity index (χ4v) is 3.82. The maximum Gasteiger partial charge on any atom is 0.142 e. The third-order valence-electron chi connectivity index (χ3n) is 5.56. The molecule has 174 valence electrons. The van der Waals surface area contributed by atoms with E-state index >= 15 is 0 Å². The number of hydrogen-bond acceptors (Lipinski definition) is 5. The minimum absolute atomic E-state index is 0.251. The smallest absolute Gasteiger partial charge is 0.142 e. The van der Waals surface area contributed by atoms with Crippen LogP contribution in [-0.2, 0) is 23.7 Å². The molecule has 0 heterocycles. The highest BCUT2D eigenvalue weighted by molar-refractivity contribution is 5.79. The van der Waals surface area contributed by atoms with Crippen molar-refractivity contribution in [3.8, 4) is 0 Å². The van der Waals surface area contributed by atoms with E-state index < -0.39 is 5.60 Å². The Kier molecular flexibility index (Phi) is 8.72. The molecule has 0 saturated heterocycles. The zero-order valence-corrected chi connectivity index (χ0v) is 19.1. The van der Waals surface area contributed by atoms with E-state index in [2.05, 4.69) is 5.16 Å². The summed E-state index contributed by atoms with van der Waals surface area (Å²) in [5, 5.41) is 25.9. The van der Waals surface area contributed by atoms with Crippen molar-refractivity contribution < 1.29 is 19.4 Å². The molecule has 5 nitrogen and oxygen atoms in total. The number of halogens is 1. The zero-order valence-electron chi connectivity index (χ0n) is 19.1. The van der Waals surface area contributed by atoms with Crippen molar-refractivity contribution in [1.29, 1.82) is 0 Å². The van der Waals surface area contributed by atoms with Crippen molar-refractivity contribution in [2.24, 2.45) is 5.16 Å². The molecule has 0 aliphatic heterocycles. The van der Waals surface area contributed by atoms with Gasteiger partial charge < -0.3 is 20.0 Å². The van der Waals surface area contributed by atoms with Crippen molar-refractivity contribution in [3.05, 3.63) is 106 Å². The molecule has 3 aromatic carbocycles. The Morgan fingerprint density at radius 1 is 1.03 bits per heavy atom. The first kappa shape index (κ1) is 24.6. The first-order valence-corrected chi connectivity index (χ1v) is 11.0. The van der Waals surface area contributed by atoms with E-state index in [1.54, 1.807) is 30.5 Å². The third kappa shape index (κ3) is 6.71. The Bertz CT molecular complexity index is 1040. The quantitative estimate of drug-likeness (QED) is 0.335. The SMILES string of the molecule is CN(C)CCCC(O)(c1ccc(F)cc1)c1ccc(/C=N\OCc2ccccc2)cc1CO. The lowest BCUT2D eigenvalue weighted by Gasteiger charge is -2.32. The average Bonchev–Trinajstić information content (AvgIpc) is 2.82. The molecule has 0 radical (unpaired) electrons. The van der Waals surface area contributed by atoms with Crippen molar-refractivity contribution in [3.63, 3.8) is 0 Å². The van der Waals surface area contributed by atoms with E-state index in [1.807, 2.05) is 55.4 Å². The molecule has 0 aliphatic carbocycles. The molecular weight excluding hydrogens is 419 g/mol. The molecule has 0 amide bonds. The summed E-state index contributed by atoms with van der Waals surface area (Å²) < 4.78 is 13.5.